The Hall–Kier alpha value is -11.1. The second-order valence-electron chi connectivity index (χ2n) is 40.0. The zero-order valence-electron chi connectivity index (χ0n) is 84.0. The number of amides is 11. The maximum atomic E-state index is 13.1. The molecule has 8 saturated heterocycles. The van der Waals surface area contributed by atoms with E-state index in [2.05, 4.69) is 48.6 Å². The van der Waals surface area contributed by atoms with Crippen LogP contribution < -0.4 is 49.3 Å². The molecule has 5 atom stereocenters. The average molecular weight is 2050 g/mol. The maximum absolute atomic E-state index is 13.1. The van der Waals surface area contributed by atoms with Gasteiger partial charge in [-0.15, -0.1) is 12.4 Å². The lowest BCUT2D eigenvalue weighted by molar-refractivity contribution is -0.137. The molecule has 14 heterocycles. The van der Waals surface area contributed by atoms with Crippen LogP contribution in [0.4, 0.5) is 14.4 Å². The van der Waals surface area contributed by atoms with E-state index in [4.69, 9.17) is 28.3 Å². The van der Waals surface area contributed by atoms with Crippen molar-refractivity contribution in [2.24, 2.45) is 28.2 Å². The van der Waals surface area contributed by atoms with Crippen LogP contribution in [0, 0.1) is 0 Å². The molecule has 0 spiro atoms. The fourth-order valence-corrected chi connectivity index (χ4v) is 19.4. The van der Waals surface area contributed by atoms with Gasteiger partial charge in [-0.1, -0.05) is 68.5 Å². The predicted molar refractivity (Wildman–Crippen MR) is 543 cm³/mol. The van der Waals surface area contributed by atoms with Gasteiger partial charge in [-0.2, -0.15) is 9.90 Å². The fraction of sp³-hybridized carbons (Fsp3) is 0.566. The zero-order chi connectivity index (χ0) is 101. The number of carbonyl (C=O) groups is 11. The smallest absolute Gasteiger partial charge is 0.444 e. The number of aryl methyl sites for hydroxylation is 4. The van der Waals surface area contributed by atoms with E-state index in [0.29, 0.717) is 93.8 Å². The molecule has 4 aromatic heterocycles. The van der Waals surface area contributed by atoms with Gasteiger partial charge in [0.2, 0.25) is 47.3 Å². The van der Waals surface area contributed by atoms with Crippen LogP contribution in [0.25, 0.3) is 49.7 Å². The summed E-state index contributed by atoms with van der Waals surface area (Å²) in [6, 6.07) is 20.1. The highest BCUT2D eigenvalue weighted by Gasteiger charge is 2.53. The van der Waals surface area contributed by atoms with Gasteiger partial charge in [-0.25, -0.2) is 33.6 Å². The molecule has 11 amide bonds. The van der Waals surface area contributed by atoms with E-state index in [1.807, 2.05) is 177 Å². The SMILES string of the molecule is C1CCOC1.CC.CC(C)(C)OC(=O)N1CC=C(B2OC(C)(C)C(C)(C)O2)CC1.Cl.Cn1c(=O)n(C2CCC(=O)NC2=O)c2cccc(Br)c21.Cn1c(=O)n(C2CCC(=O)NC2=O)c2cccc(C3=CCN(C(=O)OC(C)(C)C)CC3)c21.Cn1c(=O)n(C2CCC(=O)NC2=O)c2cccc(C3CCN(C(=O)OC(C)(C)C)CC3)c21.Cn1c(=O)n(C2CCC(=O)NC2=O)c2cccc(C3CCNCC3)c21.P. The minimum Gasteiger partial charge on any atom is -0.444 e. The topological polar surface area (TPSA) is 421 Å². The lowest BCUT2D eigenvalue weighted by Crippen LogP contribution is -2.44. The first kappa shape index (κ1) is 111. The molecule has 0 aliphatic carbocycles. The van der Waals surface area contributed by atoms with Crippen molar-refractivity contribution in [3.8, 4) is 0 Å². The summed E-state index contributed by atoms with van der Waals surface area (Å²) in [5.41, 5.74) is 7.99. The molecule has 37 nitrogen and oxygen atoms in total. The van der Waals surface area contributed by atoms with Crippen molar-refractivity contribution in [1.29, 1.82) is 0 Å². The Morgan fingerprint density at radius 1 is 0.414 bits per heavy atom. The summed E-state index contributed by atoms with van der Waals surface area (Å²) in [7, 11) is 6.51. The Bertz CT molecular complexity index is 6290. The number of ether oxygens (including phenoxy) is 4. The average Bonchev–Trinajstić information content (AvgIpc) is 1.61. The van der Waals surface area contributed by atoms with Gasteiger partial charge in [0, 0.05) is 116 Å². The molecule has 4 aromatic carbocycles. The number of benzene rings is 4. The standard InChI is InChI=1S/C23H30N4O5.C23H28N4O5.C18H22N4O3.C16H28BNO4.C13H12BrN3O3.C4H8O.C2H6.ClH.H3P/c2*1-23(2,3)32-22(31)26-12-10-14(11-13-26)15-6-5-7-16-19(15)25(4)21(30)27(16)17-8-9-18(28)24-20(17)29;1-21-16-12(11-7-9-19-10-8-11)3-2-4-13(16)22(18(21)25)14-5-6-15(23)20-17(14)24;1-14(2,3)20-13(19)18-10-8-12(9-11-18)17-21-15(4,5)16(6,7)22-17;1-16-11-7(14)3-2-4-8(11)17(13(16)20)9-5-6-10(18)15-12(9)19;1-2-4-5-3-1;1-2;;/h5-7,14,17H,8-13H2,1-4H3,(H,24,28,29);5-7,10,17H,8-9,11-13H2,1-4H3,(H,24,28,29);2-4,11,14,19H,5-10H2,1H3,(H,20,23,24);8H,9-11H2,1-7H3;2-4,9H,5-6H2,1H3,(H,15,18,19);1-4H2;1-2H3;1H;1H3. The van der Waals surface area contributed by atoms with Gasteiger partial charge in [0.05, 0.1) is 55.3 Å². The Balaban J connectivity index is 0.000000178. The van der Waals surface area contributed by atoms with Crippen LogP contribution >= 0.6 is 38.2 Å². The van der Waals surface area contributed by atoms with Crippen LogP contribution in [0.1, 0.15) is 259 Å². The number of hydrogen-bond donors (Lipinski definition) is 5. The molecular formula is C99H138BBrClN16O21P. The molecule has 0 saturated carbocycles. The number of piperidine rings is 6. The quantitative estimate of drug-likeness (QED) is 0.0408. The molecule has 0 bridgehead atoms. The zero-order valence-corrected chi connectivity index (χ0v) is 87.8. The number of likely N-dealkylation sites (tertiary alicyclic amines) is 1. The Kier molecular flexibility index (Phi) is 36.7. The third kappa shape index (κ3) is 25.3. The summed E-state index contributed by atoms with van der Waals surface area (Å²) in [6.45, 7) is 36.1. The Morgan fingerprint density at radius 3 is 1.09 bits per heavy atom. The molecule has 762 valence electrons. The molecule has 18 rings (SSSR count). The number of imide groups is 4. The largest absolute Gasteiger partial charge is 0.490 e. The summed E-state index contributed by atoms with van der Waals surface area (Å²) in [4.78, 5) is 188. The number of halogens is 2. The summed E-state index contributed by atoms with van der Waals surface area (Å²) in [6.07, 6.45) is 12.8. The van der Waals surface area contributed by atoms with Gasteiger partial charge in [0.1, 0.15) is 41.0 Å². The van der Waals surface area contributed by atoms with Crippen molar-refractivity contribution in [3.05, 3.63) is 154 Å². The highest BCUT2D eigenvalue weighted by molar-refractivity contribution is 9.10. The van der Waals surface area contributed by atoms with E-state index in [0.717, 1.165) is 113 Å². The van der Waals surface area contributed by atoms with Gasteiger partial charge in [0.15, 0.2) is 0 Å². The van der Waals surface area contributed by atoms with Crippen molar-refractivity contribution < 1.29 is 81.0 Å². The van der Waals surface area contributed by atoms with Gasteiger partial charge in [-0.05, 0) is 260 Å². The molecule has 0 radical (unpaired) electrons. The second-order valence-corrected chi connectivity index (χ2v) is 40.8. The number of nitrogens with one attached hydrogen (secondary N) is 5. The van der Waals surface area contributed by atoms with Gasteiger partial charge in [-0.3, -0.25) is 96.2 Å². The van der Waals surface area contributed by atoms with Crippen LogP contribution in [0.2, 0.25) is 0 Å². The van der Waals surface area contributed by atoms with E-state index < -0.39 is 64.6 Å². The number of fused-ring (bicyclic) bond motifs is 4. The summed E-state index contributed by atoms with van der Waals surface area (Å²) in [5.74, 6) is -2.30. The number of carbonyl (C=O) groups excluding carboxylic acids is 11. The monoisotopic (exact) mass is 2040 g/mol. The molecule has 5 unspecified atom stereocenters. The summed E-state index contributed by atoms with van der Waals surface area (Å²) < 4.78 is 46.5. The van der Waals surface area contributed by atoms with Crippen molar-refractivity contribution in [2.45, 2.75) is 271 Å². The Morgan fingerprint density at radius 2 is 0.743 bits per heavy atom. The van der Waals surface area contributed by atoms with Crippen LogP contribution in [-0.4, -0.2) is 217 Å². The third-order valence-corrected chi connectivity index (χ3v) is 27.0. The molecule has 140 heavy (non-hydrogen) atoms. The number of para-hydroxylation sites is 4. The lowest BCUT2D eigenvalue weighted by Gasteiger charge is -2.33. The van der Waals surface area contributed by atoms with Crippen molar-refractivity contribution in [3.63, 3.8) is 0 Å². The van der Waals surface area contributed by atoms with Crippen LogP contribution in [0.3, 0.4) is 0 Å². The predicted octanol–water partition coefficient (Wildman–Crippen LogP) is 12.1. The first-order valence-corrected chi connectivity index (χ1v) is 48.7. The second kappa shape index (κ2) is 46.3. The number of rotatable bonds is 8. The summed E-state index contributed by atoms with van der Waals surface area (Å²) >= 11 is 3.42. The van der Waals surface area contributed by atoms with E-state index in [-0.39, 0.29) is 137 Å². The highest BCUT2D eigenvalue weighted by atomic mass is 79.9. The van der Waals surface area contributed by atoms with Gasteiger partial charge < -0.3 is 48.3 Å². The normalized spacial score (nSPS) is 20.7. The molecule has 8 aromatic rings. The van der Waals surface area contributed by atoms with E-state index >= 15 is 0 Å². The van der Waals surface area contributed by atoms with E-state index in [9.17, 15) is 71.9 Å². The van der Waals surface area contributed by atoms with Crippen LogP contribution in [-0.2, 0) is 94.8 Å². The first-order valence-electron chi connectivity index (χ1n) is 47.9. The number of hydrogen-bond acceptors (Lipinski definition) is 22. The molecule has 10 aliphatic rings. The van der Waals surface area contributed by atoms with Gasteiger partial charge >= 0.3 is 48.2 Å². The third-order valence-electron chi connectivity index (χ3n) is 26.4. The molecule has 5 N–H and O–H groups in total. The first-order chi connectivity index (χ1) is 65.1. The summed E-state index contributed by atoms with van der Waals surface area (Å²) in [5, 5.41) is 12.7. The Labute approximate surface area is 832 Å². The minimum absolute atomic E-state index is 0. The number of imidazole rings is 4. The van der Waals surface area contributed by atoms with Crippen LogP contribution in [0.15, 0.2) is 114 Å². The molecule has 41 heteroatoms. The van der Waals surface area contributed by atoms with E-state index in [1.165, 1.54) is 36.7 Å². The van der Waals surface area contributed by atoms with Crippen LogP contribution in [0.5, 0.6) is 0 Å². The highest BCUT2D eigenvalue weighted by Crippen LogP contribution is 2.42. The van der Waals surface area contributed by atoms with E-state index in [1.54, 1.807) is 67.2 Å². The van der Waals surface area contributed by atoms with Crippen molar-refractivity contribution in [1.82, 2.24) is 77.8 Å². The fourth-order valence-electron chi connectivity index (χ4n) is 18.7. The minimum atomic E-state index is -0.720. The molecule has 10 aliphatic heterocycles. The lowest BCUT2D eigenvalue weighted by atomic mass is 9.75. The van der Waals surface area contributed by atoms with Crippen molar-refractivity contribution in [2.75, 3.05) is 65.6 Å². The van der Waals surface area contributed by atoms with Gasteiger partial charge in [0.25, 0.3) is 0 Å². The molecular weight excluding hydrogens is 1910 g/mol. The van der Waals surface area contributed by atoms with Crippen molar-refractivity contribution >= 4 is 161 Å². The molecule has 8 fully saturated rings. The number of aromatic nitrogens is 8. The maximum Gasteiger partial charge on any atom is 0.490 e. The number of nitrogens with zero attached hydrogens (tertiary/aromatic N) is 11.